The molecule has 2 aliphatic heterocycles. The summed E-state index contributed by atoms with van der Waals surface area (Å²) in [6.45, 7) is 5.57. The Morgan fingerprint density at radius 3 is 2.30 bits per heavy atom. The fourth-order valence-corrected chi connectivity index (χ4v) is 4.83. The minimum Gasteiger partial charge on any atom is -0.352 e. The molecule has 0 aromatic carbocycles. The predicted octanol–water partition coefficient (Wildman–Crippen LogP) is 1.91. The summed E-state index contributed by atoms with van der Waals surface area (Å²) >= 11 is 0. The fraction of sp³-hybridized carbons (Fsp3) is 0.889. The van der Waals surface area contributed by atoms with E-state index in [1.54, 1.807) is 6.92 Å². The van der Waals surface area contributed by atoms with Gasteiger partial charge in [-0.05, 0) is 52.0 Å². The second-order valence-electron chi connectivity index (χ2n) is 7.54. The van der Waals surface area contributed by atoms with Crippen molar-refractivity contribution in [3.05, 3.63) is 0 Å². The quantitative estimate of drug-likeness (QED) is 0.860. The molecule has 2 saturated heterocycles. The largest absolute Gasteiger partial charge is 0.352 e. The first-order chi connectivity index (χ1) is 11.1. The van der Waals surface area contributed by atoms with Crippen LogP contribution in [0.5, 0.6) is 0 Å². The van der Waals surface area contributed by atoms with Crippen LogP contribution in [0.2, 0.25) is 0 Å². The molecule has 3 aliphatic rings. The number of hydrogen-bond donors (Lipinski definition) is 1. The lowest BCUT2D eigenvalue weighted by Gasteiger charge is -2.37. The van der Waals surface area contributed by atoms with Crippen molar-refractivity contribution in [1.82, 2.24) is 15.1 Å². The molecule has 130 valence electrons. The second kappa shape index (κ2) is 7.20. The number of carbonyl (C=O) groups is 2. The molecule has 0 bridgehead atoms. The highest BCUT2D eigenvalue weighted by Gasteiger charge is 2.41. The van der Waals surface area contributed by atoms with E-state index in [-0.39, 0.29) is 17.9 Å². The molecule has 0 aromatic rings. The Balaban J connectivity index is 1.63. The van der Waals surface area contributed by atoms with Crippen LogP contribution in [0.15, 0.2) is 0 Å². The van der Waals surface area contributed by atoms with Gasteiger partial charge in [0.05, 0.1) is 6.04 Å². The van der Waals surface area contributed by atoms with Crippen LogP contribution >= 0.6 is 0 Å². The number of amides is 2. The monoisotopic (exact) mass is 321 g/mol. The van der Waals surface area contributed by atoms with Crippen LogP contribution in [0, 0.1) is 0 Å². The second-order valence-corrected chi connectivity index (χ2v) is 7.54. The lowest BCUT2D eigenvalue weighted by Crippen LogP contribution is -2.54. The van der Waals surface area contributed by atoms with Gasteiger partial charge in [-0.2, -0.15) is 0 Å². The first-order valence-electron chi connectivity index (χ1n) is 9.41. The molecular weight excluding hydrogens is 290 g/mol. The van der Waals surface area contributed by atoms with Gasteiger partial charge in [0.2, 0.25) is 11.8 Å². The molecule has 3 atom stereocenters. The summed E-state index contributed by atoms with van der Waals surface area (Å²) in [5, 5.41) is 3.24. The van der Waals surface area contributed by atoms with Gasteiger partial charge in [-0.25, -0.2) is 0 Å². The molecule has 0 spiro atoms. The number of hydrogen-bond acceptors (Lipinski definition) is 3. The van der Waals surface area contributed by atoms with Gasteiger partial charge in [-0.3, -0.25) is 14.5 Å². The van der Waals surface area contributed by atoms with E-state index in [0.29, 0.717) is 18.1 Å². The van der Waals surface area contributed by atoms with Crippen molar-refractivity contribution in [3.8, 4) is 0 Å². The molecule has 0 aromatic heterocycles. The first kappa shape index (κ1) is 16.7. The van der Waals surface area contributed by atoms with E-state index in [2.05, 4.69) is 10.2 Å². The first-order valence-corrected chi connectivity index (χ1v) is 9.41. The van der Waals surface area contributed by atoms with Crippen LogP contribution in [-0.4, -0.2) is 58.9 Å². The molecule has 5 heteroatoms. The van der Waals surface area contributed by atoms with E-state index in [1.165, 1.54) is 12.8 Å². The summed E-state index contributed by atoms with van der Waals surface area (Å²) in [6.07, 6.45) is 9.15. The Bertz CT molecular complexity index is 448. The maximum atomic E-state index is 12.6. The van der Waals surface area contributed by atoms with Gasteiger partial charge in [-0.15, -0.1) is 0 Å². The van der Waals surface area contributed by atoms with E-state index in [4.69, 9.17) is 0 Å². The lowest BCUT2D eigenvalue weighted by molar-refractivity contribution is -0.131. The minimum absolute atomic E-state index is 0.0856. The Morgan fingerprint density at radius 2 is 1.61 bits per heavy atom. The van der Waals surface area contributed by atoms with Crippen molar-refractivity contribution >= 4 is 11.8 Å². The Hall–Kier alpha value is -1.10. The summed E-state index contributed by atoms with van der Waals surface area (Å²) in [4.78, 5) is 28.9. The van der Waals surface area contributed by atoms with Crippen LogP contribution in [0.3, 0.4) is 0 Å². The van der Waals surface area contributed by atoms with Crippen LogP contribution < -0.4 is 5.32 Å². The van der Waals surface area contributed by atoms with Crippen molar-refractivity contribution in [2.75, 3.05) is 13.1 Å². The number of likely N-dealkylation sites (tertiary alicyclic amines) is 2. The average molecular weight is 321 g/mol. The third-order valence-electron chi connectivity index (χ3n) is 6.07. The van der Waals surface area contributed by atoms with E-state index in [1.807, 2.05) is 11.8 Å². The predicted molar refractivity (Wildman–Crippen MR) is 90.0 cm³/mol. The zero-order valence-corrected chi connectivity index (χ0v) is 14.6. The van der Waals surface area contributed by atoms with Gasteiger partial charge in [0, 0.05) is 31.6 Å². The maximum absolute atomic E-state index is 12.6. The molecule has 3 fully saturated rings. The zero-order chi connectivity index (χ0) is 16.4. The van der Waals surface area contributed by atoms with Crippen molar-refractivity contribution in [2.24, 2.45) is 0 Å². The molecule has 1 aliphatic carbocycles. The molecule has 1 N–H and O–H groups in total. The summed E-state index contributed by atoms with van der Waals surface area (Å²) < 4.78 is 0. The van der Waals surface area contributed by atoms with Crippen LogP contribution in [0.1, 0.15) is 65.2 Å². The normalized spacial score (nSPS) is 30.8. The SMILES string of the molecule is CC(=O)N1CCCC1C1CCCN1C(C)C(=O)NC1CCCC1. The van der Waals surface area contributed by atoms with Gasteiger partial charge >= 0.3 is 0 Å². The highest BCUT2D eigenvalue weighted by molar-refractivity contribution is 5.81. The van der Waals surface area contributed by atoms with Gasteiger partial charge in [0.15, 0.2) is 0 Å². The molecule has 3 rings (SSSR count). The van der Waals surface area contributed by atoms with Crippen LogP contribution in [0.4, 0.5) is 0 Å². The zero-order valence-electron chi connectivity index (χ0n) is 14.6. The molecule has 5 nitrogen and oxygen atoms in total. The smallest absolute Gasteiger partial charge is 0.237 e. The van der Waals surface area contributed by atoms with Gasteiger partial charge in [0.1, 0.15) is 0 Å². The maximum Gasteiger partial charge on any atom is 0.237 e. The third kappa shape index (κ3) is 3.54. The Morgan fingerprint density at radius 1 is 0.957 bits per heavy atom. The number of rotatable bonds is 4. The highest BCUT2D eigenvalue weighted by Crippen LogP contribution is 2.31. The van der Waals surface area contributed by atoms with Crippen LogP contribution in [-0.2, 0) is 9.59 Å². The molecule has 3 unspecified atom stereocenters. The molecule has 23 heavy (non-hydrogen) atoms. The van der Waals surface area contributed by atoms with E-state index >= 15 is 0 Å². The summed E-state index contributed by atoms with van der Waals surface area (Å²) in [5.41, 5.74) is 0. The van der Waals surface area contributed by atoms with E-state index in [9.17, 15) is 9.59 Å². The minimum atomic E-state index is -0.0856. The van der Waals surface area contributed by atoms with Crippen molar-refractivity contribution in [1.29, 1.82) is 0 Å². The number of nitrogens with one attached hydrogen (secondary N) is 1. The highest BCUT2D eigenvalue weighted by atomic mass is 16.2. The summed E-state index contributed by atoms with van der Waals surface area (Å²) in [6, 6.07) is 0.950. The number of nitrogens with zero attached hydrogens (tertiary/aromatic N) is 2. The molecular formula is C18H31N3O2. The average Bonchev–Trinajstić information content (AvgIpc) is 3.26. The Labute approximate surface area is 139 Å². The van der Waals surface area contributed by atoms with Crippen molar-refractivity contribution < 1.29 is 9.59 Å². The lowest BCUT2D eigenvalue weighted by atomic mass is 10.0. The van der Waals surface area contributed by atoms with Gasteiger partial charge < -0.3 is 10.2 Å². The van der Waals surface area contributed by atoms with E-state index in [0.717, 1.165) is 51.6 Å². The van der Waals surface area contributed by atoms with E-state index < -0.39 is 0 Å². The van der Waals surface area contributed by atoms with Crippen LogP contribution in [0.25, 0.3) is 0 Å². The molecule has 2 amide bonds. The molecule has 1 saturated carbocycles. The van der Waals surface area contributed by atoms with Gasteiger partial charge in [0.25, 0.3) is 0 Å². The molecule has 0 radical (unpaired) electrons. The summed E-state index contributed by atoms with van der Waals surface area (Å²) in [7, 11) is 0. The van der Waals surface area contributed by atoms with Gasteiger partial charge in [-0.1, -0.05) is 12.8 Å². The Kier molecular flexibility index (Phi) is 5.24. The standard InChI is InChI=1S/C18H31N3O2/c1-13(18(23)19-15-7-3-4-8-15)20-11-5-9-16(20)17-10-6-12-21(17)14(2)22/h13,15-17H,3-12H2,1-2H3,(H,19,23). The number of carbonyl (C=O) groups excluding carboxylic acids is 2. The molecule has 2 heterocycles. The summed E-state index contributed by atoms with van der Waals surface area (Å²) in [5.74, 6) is 0.360. The fourth-order valence-electron chi connectivity index (χ4n) is 4.83. The third-order valence-corrected chi connectivity index (χ3v) is 6.07. The topological polar surface area (TPSA) is 52.7 Å². The van der Waals surface area contributed by atoms with Crippen molar-refractivity contribution in [3.63, 3.8) is 0 Å². The van der Waals surface area contributed by atoms with Crippen molar-refractivity contribution in [2.45, 2.75) is 89.4 Å².